The second-order valence-electron chi connectivity index (χ2n) is 8.15. The van der Waals surface area contributed by atoms with Crippen LogP contribution in [-0.2, 0) is 4.79 Å². The molecule has 0 bridgehead atoms. The van der Waals surface area contributed by atoms with Crippen molar-refractivity contribution in [2.75, 3.05) is 18.0 Å². The second kappa shape index (κ2) is 6.62. The molecule has 1 aliphatic heterocycles. The van der Waals surface area contributed by atoms with Crippen molar-refractivity contribution in [3.8, 4) is 0 Å². The molecule has 134 valence electrons. The van der Waals surface area contributed by atoms with Crippen molar-refractivity contribution in [2.24, 2.45) is 5.92 Å². The summed E-state index contributed by atoms with van der Waals surface area (Å²) < 4.78 is 0. The molecule has 1 atom stereocenters. The zero-order valence-corrected chi connectivity index (χ0v) is 15.9. The van der Waals surface area contributed by atoms with Crippen molar-refractivity contribution >= 4 is 22.8 Å². The monoisotopic (exact) mass is 340 g/mol. The first-order valence-electron chi connectivity index (χ1n) is 9.05. The highest BCUT2D eigenvalue weighted by molar-refractivity contribution is 5.82. The van der Waals surface area contributed by atoms with Crippen LogP contribution in [0.25, 0.3) is 11.0 Å². The Kier molecular flexibility index (Phi) is 4.67. The lowest BCUT2D eigenvalue weighted by Gasteiger charge is -2.34. The molecular formula is C20H28N4O. The van der Waals surface area contributed by atoms with Gasteiger partial charge in [-0.25, -0.2) is 9.97 Å². The number of anilines is 1. The number of aromatic nitrogens is 2. The summed E-state index contributed by atoms with van der Waals surface area (Å²) in [6.45, 7) is 11.8. The maximum Gasteiger partial charge on any atom is 0.225 e. The van der Waals surface area contributed by atoms with E-state index in [0.29, 0.717) is 6.54 Å². The van der Waals surface area contributed by atoms with Gasteiger partial charge in [0.25, 0.3) is 0 Å². The lowest BCUT2D eigenvalue weighted by Crippen LogP contribution is -2.48. The average Bonchev–Trinajstić information content (AvgIpc) is 2.52. The Hall–Kier alpha value is -2.17. The number of aryl methyl sites for hydroxylation is 2. The molecule has 0 spiro atoms. The summed E-state index contributed by atoms with van der Waals surface area (Å²) in [5.74, 6) is 1.07. The molecular weight excluding hydrogens is 312 g/mol. The summed E-state index contributed by atoms with van der Waals surface area (Å²) in [6, 6.07) is 6.23. The van der Waals surface area contributed by atoms with Crippen LogP contribution in [0.2, 0.25) is 0 Å². The number of carbonyl (C=O) groups excluding carboxylic acids is 1. The Morgan fingerprint density at radius 1 is 1.24 bits per heavy atom. The predicted molar refractivity (Wildman–Crippen MR) is 102 cm³/mol. The van der Waals surface area contributed by atoms with E-state index in [0.717, 1.165) is 41.9 Å². The van der Waals surface area contributed by atoms with Crippen molar-refractivity contribution in [3.63, 3.8) is 0 Å². The SMILES string of the molecule is Cc1cc(C)c2ccc(N3CCCC(C(=O)NC(C)(C)C)C3)nc2n1. The zero-order valence-electron chi connectivity index (χ0n) is 15.9. The summed E-state index contributed by atoms with van der Waals surface area (Å²) in [4.78, 5) is 24.1. The van der Waals surface area contributed by atoms with E-state index < -0.39 is 0 Å². The van der Waals surface area contributed by atoms with Crippen LogP contribution in [0, 0.1) is 19.8 Å². The summed E-state index contributed by atoms with van der Waals surface area (Å²) in [5, 5.41) is 4.20. The summed E-state index contributed by atoms with van der Waals surface area (Å²) in [5.41, 5.74) is 2.77. The van der Waals surface area contributed by atoms with Crippen LogP contribution in [-0.4, -0.2) is 34.5 Å². The van der Waals surface area contributed by atoms with E-state index in [1.165, 1.54) is 5.56 Å². The Morgan fingerprint density at radius 3 is 2.72 bits per heavy atom. The van der Waals surface area contributed by atoms with E-state index >= 15 is 0 Å². The first kappa shape index (κ1) is 17.6. The molecule has 2 aromatic heterocycles. The molecule has 1 N–H and O–H groups in total. The molecule has 1 aliphatic rings. The van der Waals surface area contributed by atoms with Gasteiger partial charge in [0.1, 0.15) is 5.82 Å². The number of carbonyl (C=O) groups is 1. The van der Waals surface area contributed by atoms with E-state index in [2.05, 4.69) is 40.3 Å². The number of piperidine rings is 1. The van der Waals surface area contributed by atoms with E-state index in [4.69, 9.17) is 4.98 Å². The zero-order chi connectivity index (χ0) is 18.2. The van der Waals surface area contributed by atoms with E-state index in [1.807, 2.05) is 27.7 Å². The molecule has 0 aliphatic carbocycles. The highest BCUT2D eigenvalue weighted by Gasteiger charge is 2.28. The van der Waals surface area contributed by atoms with E-state index in [1.54, 1.807) is 0 Å². The normalized spacial score (nSPS) is 18.4. The standard InChI is InChI=1S/C20H28N4O/c1-13-11-14(2)21-18-16(13)8-9-17(22-18)24-10-6-7-15(12-24)19(25)23-20(3,4)5/h8-9,11,15H,6-7,10,12H2,1-5H3,(H,23,25). The molecule has 1 unspecified atom stereocenters. The topological polar surface area (TPSA) is 58.1 Å². The number of nitrogens with one attached hydrogen (secondary N) is 1. The average molecular weight is 340 g/mol. The third kappa shape index (κ3) is 4.09. The predicted octanol–water partition coefficient (Wildman–Crippen LogP) is 3.38. The van der Waals surface area contributed by atoms with Gasteiger partial charge >= 0.3 is 0 Å². The van der Waals surface area contributed by atoms with Crippen LogP contribution in [0.1, 0.15) is 44.9 Å². The Balaban J connectivity index is 1.81. The van der Waals surface area contributed by atoms with Gasteiger partial charge < -0.3 is 10.2 Å². The Bertz CT molecular complexity index is 794. The quantitative estimate of drug-likeness (QED) is 0.910. The fourth-order valence-corrected chi connectivity index (χ4v) is 3.47. The fourth-order valence-electron chi connectivity index (χ4n) is 3.47. The molecule has 2 aromatic rings. The third-order valence-corrected chi connectivity index (χ3v) is 4.61. The van der Waals surface area contributed by atoms with Gasteiger partial charge in [0, 0.05) is 29.7 Å². The van der Waals surface area contributed by atoms with Crippen LogP contribution < -0.4 is 10.2 Å². The van der Waals surface area contributed by atoms with Gasteiger partial charge in [0.2, 0.25) is 5.91 Å². The second-order valence-corrected chi connectivity index (χ2v) is 8.15. The van der Waals surface area contributed by atoms with Gasteiger partial charge in [-0.2, -0.15) is 0 Å². The molecule has 1 saturated heterocycles. The molecule has 3 rings (SSSR count). The van der Waals surface area contributed by atoms with Gasteiger partial charge in [-0.3, -0.25) is 4.79 Å². The smallest absolute Gasteiger partial charge is 0.225 e. The fraction of sp³-hybridized carbons (Fsp3) is 0.550. The van der Waals surface area contributed by atoms with E-state index in [-0.39, 0.29) is 17.4 Å². The first-order valence-corrected chi connectivity index (χ1v) is 9.05. The van der Waals surface area contributed by atoms with Gasteiger partial charge in [-0.1, -0.05) is 0 Å². The minimum absolute atomic E-state index is 0.0117. The van der Waals surface area contributed by atoms with Crippen molar-refractivity contribution in [3.05, 3.63) is 29.5 Å². The van der Waals surface area contributed by atoms with Gasteiger partial charge in [0.15, 0.2) is 5.65 Å². The minimum atomic E-state index is -0.195. The van der Waals surface area contributed by atoms with Crippen LogP contribution in [0.15, 0.2) is 18.2 Å². The molecule has 3 heterocycles. The lowest BCUT2D eigenvalue weighted by molar-refractivity contribution is -0.126. The largest absolute Gasteiger partial charge is 0.356 e. The maximum atomic E-state index is 12.5. The van der Waals surface area contributed by atoms with Gasteiger partial charge in [-0.05, 0) is 71.2 Å². The molecule has 0 aromatic carbocycles. The molecule has 25 heavy (non-hydrogen) atoms. The van der Waals surface area contributed by atoms with Gasteiger partial charge in [0.05, 0.1) is 5.92 Å². The van der Waals surface area contributed by atoms with Crippen molar-refractivity contribution in [1.82, 2.24) is 15.3 Å². The Labute approximate surface area is 149 Å². The van der Waals surface area contributed by atoms with Crippen LogP contribution in [0.3, 0.4) is 0 Å². The number of pyridine rings is 2. The highest BCUT2D eigenvalue weighted by atomic mass is 16.2. The summed E-state index contributed by atoms with van der Waals surface area (Å²) in [7, 11) is 0. The van der Waals surface area contributed by atoms with Gasteiger partial charge in [-0.15, -0.1) is 0 Å². The molecule has 0 saturated carbocycles. The molecule has 0 radical (unpaired) electrons. The number of amides is 1. The molecule has 1 amide bonds. The number of hydrogen-bond acceptors (Lipinski definition) is 4. The third-order valence-electron chi connectivity index (χ3n) is 4.61. The number of hydrogen-bond donors (Lipinski definition) is 1. The van der Waals surface area contributed by atoms with Crippen LogP contribution >= 0.6 is 0 Å². The highest BCUT2D eigenvalue weighted by Crippen LogP contribution is 2.25. The molecule has 5 nitrogen and oxygen atoms in total. The van der Waals surface area contributed by atoms with Crippen molar-refractivity contribution in [2.45, 2.75) is 53.0 Å². The summed E-state index contributed by atoms with van der Waals surface area (Å²) >= 11 is 0. The molecule has 1 fully saturated rings. The van der Waals surface area contributed by atoms with Crippen LogP contribution in [0.4, 0.5) is 5.82 Å². The molecule has 5 heteroatoms. The number of rotatable bonds is 2. The van der Waals surface area contributed by atoms with E-state index in [9.17, 15) is 4.79 Å². The van der Waals surface area contributed by atoms with Crippen molar-refractivity contribution < 1.29 is 4.79 Å². The first-order chi connectivity index (χ1) is 11.7. The number of nitrogens with zero attached hydrogens (tertiary/aromatic N) is 3. The lowest BCUT2D eigenvalue weighted by atomic mass is 9.95. The minimum Gasteiger partial charge on any atom is -0.356 e. The van der Waals surface area contributed by atoms with Crippen LogP contribution in [0.5, 0.6) is 0 Å². The summed E-state index contributed by atoms with van der Waals surface area (Å²) in [6.07, 6.45) is 1.94. The Morgan fingerprint density at radius 2 is 2.00 bits per heavy atom. The van der Waals surface area contributed by atoms with Crippen molar-refractivity contribution in [1.29, 1.82) is 0 Å². The number of fused-ring (bicyclic) bond motifs is 1. The maximum absolute atomic E-state index is 12.5.